The van der Waals surface area contributed by atoms with E-state index in [1.54, 1.807) is 62.4 Å². The first-order valence-corrected chi connectivity index (χ1v) is 14.6. The van der Waals surface area contributed by atoms with Crippen LogP contribution in [0, 0.1) is 0 Å². The number of halogens is 2. The van der Waals surface area contributed by atoms with Crippen molar-refractivity contribution in [2.45, 2.75) is 37.8 Å². The van der Waals surface area contributed by atoms with Gasteiger partial charge in [0.15, 0.2) is 0 Å². The highest BCUT2D eigenvalue weighted by Crippen LogP contribution is 2.35. The molecule has 0 bridgehead atoms. The van der Waals surface area contributed by atoms with Crippen LogP contribution in [-0.4, -0.2) is 51.4 Å². The van der Waals surface area contributed by atoms with E-state index in [1.807, 2.05) is 0 Å². The van der Waals surface area contributed by atoms with Gasteiger partial charge in [-0.05, 0) is 55.3 Å². The van der Waals surface area contributed by atoms with Crippen molar-refractivity contribution in [3.8, 4) is 5.75 Å². The van der Waals surface area contributed by atoms with Crippen molar-refractivity contribution in [2.75, 3.05) is 24.5 Å². The molecule has 0 aliphatic heterocycles. The molecule has 0 radical (unpaired) electrons. The standard InChI is InChI=1S/C28H31Cl2N3O5S/c1-4-24(28(35)31-5-2)32(18-20-11-9-10-14-23(20)30)27(34)19-33(25-17-21(29)15-16-26(25)38-3)39(36,37)22-12-7-6-8-13-22/h6-17,24H,4-5,18-19H2,1-3H3,(H,31,35)/t24-/m0/s1. The molecule has 1 atom stereocenters. The zero-order chi connectivity index (χ0) is 28.6. The molecule has 0 saturated carbocycles. The number of hydrogen-bond donors (Lipinski definition) is 1. The molecule has 8 nitrogen and oxygen atoms in total. The van der Waals surface area contributed by atoms with E-state index in [9.17, 15) is 18.0 Å². The molecule has 0 aliphatic rings. The molecule has 3 aromatic carbocycles. The largest absolute Gasteiger partial charge is 0.495 e. The molecule has 0 heterocycles. The molecule has 0 unspecified atom stereocenters. The molecule has 0 aromatic heterocycles. The van der Waals surface area contributed by atoms with E-state index in [1.165, 1.54) is 36.3 Å². The minimum absolute atomic E-state index is 0.0000526. The fourth-order valence-corrected chi connectivity index (χ4v) is 5.91. The lowest BCUT2D eigenvalue weighted by Crippen LogP contribution is -2.52. The SMILES string of the molecule is CCNC(=O)[C@H](CC)N(Cc1ccccc1Cl)C(=O)CN(c1cc(Cl)ccc1OC)S(=O)(=O)c1ccccc1. The summed E-state index contributed by atoms with van der Waals surface area (Å²) in [6.07, 6.45) is 0.300. The molecular formula is C28H31Cl2N3O5S. The van der Waals surface area contributed by atoms with Crippen molar-refractivity contribution in [2.24, 2.45) is 0 Å². The third kappa shape index (κ3) is 7.23. The van der Waals surface area contributed by atoms with Gasteiger partial charge in [-0.25, -0.2) is 8.42 Å². The maximum Gasteiger partial charge on any atom is 0.264 e. The van der Waals surface area contributed by atoms with Crippen LogP contribution in [0.5, 0.6) is 5.75 Å². The van der Waals surface area contributed by atoms with Gasteiger partial charge in [-0.1, -0.05) is 66.5 Å². The molecule has 208 valence electrons. The number of ether oxygens (including phenoxy) is 1. The molecule has 2 amide bonds. The molecular weight excluding hydrogens is 561 g/mol. The third-order valence-corrected chi connectivity index (χ3v) is 8.43. The maximum atomic E-state index is 14.0. The van der Waals surface area contributed by atoms with Crippen molar-refractivity contribution in [1.82, 2.24) is 10.2 Å². The van der Waals surface area contributed by atoms with Crippen LogP contribution in [0.2, 0.25) is 10.0 Å². The predicted octanol–water partition coefficient (Wildman–Crippen LogP) is 5.14. The number of nitrogens with one attached hydrogen (secondary N) is 1. The van der Waals surface area contributed by atoms with Crippen LogP contribution < -0.4 is 14.4 Å². The Morgan fingerprint density at radius 3 is 2.26 bits per heavy atom. The number of amides is 2. The van der Waals surface area contributed by atoms with E-state index in [4.69, 9.17) is 27.9 Å². The van der Waals surface area contributed by atoms with Crippen molar-refractivity contribution < 1.29 is 22.7 Å². The number of carbonyl (C=O) groups excluding carboxylic acids is 2. The lowest BCUT2D eigenvalue weighted by atomic mass is 10.1. The fraction of sp³-hybridized carbons (Fsp3) is 0.286. The van der Waals surface area contributed by atoms with Gasteiger partial charge >= 0.3 is 0 Å². The van der Waals surface area contributed by atoms with Crippen LogP contribution in [0.3, 0.4) is 0 Å². The molecule has 39 heavy (non-hydrogen) atoms. The summed E-state index contributed by atoms with van der Waals surface area (Å²) >= 11 is 12.6. The van der Waals surface area contributed by atoms with E-state index >= 15 is 0 Å². The van der Waals surface area contributed by atoms with E-state index in [0.717, 1.165) is 4.31 Å². The molecule has 3 aromatic rings. The van der Waals surface area contributed by atoms with E-state index in [2.05, 4.69) is 5.32 Å². The average Bonchev–Trinajstić information content (AvgIpc) is 2.93. The van der Waals surface area contributed by atoms with E-state index in [0.29, 0.717) is 23.6 Å². The number of sulfonamides is 1. The van der Waals surface area contributed by atoms with Gasteiger partial charge in [0.2, 0.25) is 11.8 Å². The second-order valence-corrected chi connectivity index (χ2v) is 11.3. The molecule has 3 rings (SSSR count). The molecule has 0 aliphatic carbocycles. The third-order valence-electron chi connectivity index (χ3n) is 6.06. The molecule has 1 N–H and O–H groups in total. The van der Waals surface area contributed by atoms with Crippen LogP contribution in [0.15, 0.2) is 77.7 Å². The van der Waals surface area contributed by atoms with Crippen molar-refractivity contribution >= 4 is 50.7 Å². The molecule has 0 spiro atoms. The summed E-state index contributed by atoms with van der Waals surface area (Å²) in [5.41, 5.74) is 0.707. The van der Waals surface area contributed by atoms with Crippen LogP contribution in [-0.2, 0) is 26.2 Å². The lowest BCUT2D eigenvalue weighted by molar-refractivity contribution is -0.140. The van der Waals surface area contributed by atoms with Crippen LogP contribution in [0.25, 0.3) is 0 Å². The Labute approximate surface area is 239 Å². The first kappa shape index (κ1) is 30.3. The Hall–Kier alpha value is -3.27. The van der Waals surface area contributed by atoms with Gasteiger partial charge < -0.3 is 15.0 Å². The van der Waals surface area contributed by atoms with E-state index in [-0.39, 0.29) is 33.8 Å². The van der Waals surface area contributed by atoms with Gasteiger partial charge in [-0.3, -0.25) is 13.9 Å². The topological polar surface area (TPSA) is 96.0 Å². The number of likely N-dealkylation sites (N-methyl/N-ethyl adjacent to an activating group) is 1. The molecule has 11 heteroatoms. The highest BCUT2D eigenvalue weighted by atomic mass is 35.5. The highest BCUT2D eigenvalue weighted by Gasteiger charge is 2.35. The second-order valence-electron chi connectivity index (χ2n) is 8.57. The summed E-state index contributed by atoms with van der Waals surface area (Å²) in [5, 5.41) is 3.44. The first-order valence-electron chi connectivity index (χ1n) is 12.4. The first-order chi connectivity index (χ1) is 18.6. The Morgan fingerprint density at radius 2 is 1.64 bits per heavy atom. The zero-order valence-electron chi connectivity index (χ0n) is 21.9. The van der Waals surface area contributed by atoms with Crippen molar-refractivity contribution in [1.29, 1.82) is 0 Å². The summed E-state index contributed by atoms with van der Waals surface area (Å²) in [6.45, 7) is 3.32. The number of anilines is 1. The highest BCUT2D eigenvalue weighted by molar-refractivity contribution is 7.92. The van der Waals surface area contributed by atoms with Crippen LogP contribution >= 0.6 is 23.2 Å². The number of nitrogens with zero attached hydrogens (tertiary/aromatic N) is 2. The van der Waals surface area contributed by atoms with E-state index < -0.39 is 28.5 Å². The molecule has 0 fully saturated rings. The van der Waals surface area contributed by atoms with Gasteiger partial charge in [0, 0.05) is 23.1 Å². The predicted molar refractivity (Wildman–Crippen MR) is 154 cm³/mol. The minimum atomic E-state index is -4.26. The second kappa shape index (κ2) is 13.7. The normalized spacial score (nSPS) is 11.9. The number of rotatable bonds is 12. The van der Waals surface area contributed by atoms with Gasteiger partial charge in [0.1, 0.15) is 18.3 Å². The Bertz CT molecular complexity index is 1400. The maximum absolute atomic E-state index is 14.0. The quantitative estimate of drug-likeness (QED) is 0.314. The summed E-state index contributed by atoms with van der Waals surface area (Å²) in [5.74, 6) is -0.743. The average molecular weight is 593 g/mol. The van der Waals surface area contributed by atoms with Crippen LogP contribution in [0.1, 0.15) is 25.8 Å². The Kier molecular flexibility index (Phi) is 10.6. The minimum Gasteiger partial charge on any atom is -0.495 e. The summed E-state index contributed by atoms with van der Waals surface area (Å²) in [6, 6.07) is 18.4. The summed E-state index contributed by atoms with van der Waals surface area (Å²) < 4.78 is 34.2. The van der Waals surface area contributed by atoms with Gasteiger partial charge in [0.05, 0.1) is 17.7 Å². The number of benzene rings is 3. The number of hydrogen-bond acceptors (Lipinski definition) is 5. The summed E-state index contributed by atoms with van der Waals surface area (Å²) in [4.78, 5) is 28.4. The van der Waals surface area contributed by atoms with Gasteiger partial charge in [0.25, 0.3) is 10.0 Å². The molecule has 0 saturated heterocycles. The Balaban J connectivity index is 2.13. The van der Waals surface area contributed by atoms with Crippen LogP contribution in [0.4, 0.5) is 5.69 Å². The smallest absolute Gasteiger partial charge is 0.264 e. The Morgan fingerprint density at radius 1 is 0.974 bits per heavy atom. The van der Waals surface area contributed by atoms with Crippen molar-refractivity contribution in [3.63, 3.8) is 0 Å². The van der Waals surface area contributed by atoms with Gasteiger partial charge in [-0.2, -0.15) is 0 Å². The number of carbonyl (C=O) groups is 2. The zero-order valence-corrected chi connectivity index (χ0v) is 24.3. The fourth-order valence-electron chi connectivity index (χ4n) is 4.11. The monoisotopic (exact) mass is 591 g/mol. The summed E-state index contributed by atoms with van der Waals surface area (Å²) in [7, 11) is -2.86. The number of methoxy groups -OCH3 is 1. The van der Waals surface area contributed by atoms with Gasteiger partial charge in [-0.15, -0.1) is 0 Å². The van der Waals surface area contributed by atoms with Crippen molar-refractivity contribution in [3.05, 3.63) is 88.4 Å². The lowest BCUT2D eigenvalue weighted by Gasteiger charge is -2.33.